The molecule has 0 amide bonds. The lowest BCUT2D eigenvalue weighted by Crippen LogP contribution is -2.41. The normalized spacial score (nSPS) is 19.7. The van der Waals surface area contributed by atoms with Crippen LogP contribution in [0.25, 0.3) is 0 Å². The molecule has 1 aromatic rings. The maximum Gasteiger partial charge on any atom is 0.188 e. The molecule has 0 bridgehead atoms. The standard InChI is InChI=1S/C17H28N4O2/c1-13(12-22-2)20-17(18)19-10-14-7-8-21(11-14)15-5-4-6-16(9-15)23-3/h4-6,9,13-14H,7-8,10-12H2,1-3H3,(H3,18,19,20). The van der Waals surface area contributed by atoms with Crippen LogP contribution in [0.3, 0.4) is 0 Å². The van der Waals surface area contributed by atoms with Gasteiger partial charge in [0, 0.05) is 44.5 Å². The number of hydrogen-bond donors (Lipinski definition) is 2. The molecule has 3 N–H and O–H groups in total. The number of benzene rings is 1. The fourth-order valence-corrected chi connectivity index (χ4v) is 2.84. The van der Waals surface area contributed by atoms with E-state index in [1.807, 2.05) is 19.1 Å². The Morgan fingerprint density at radius 1 is 1.48 bits per heavy atom. The van der Waals surface area contributed by atoms with E-state index >= 15 is 0 Å². The Bertz CT molecular complexity index is 521. The van der Waals surface area contributed by atoms with Gasteiger partial charge >= 0.3 is 0 Å². The molecule has 1 aliphatic heterocycles. The Morgan fingerprint density at radius 2 is 2.30 bits per heavy atom. The van der Waals surface area contributed by atoms with E-state index < -0.39 is 0 Å². The second-order valence-corrected chi connectivity index (χ2v) is 6.03. The summed E-state index contributed by atoms with van der Waals surface area (Å²) < 4.78 is 10.4. The van der Waals surface area contributed by atoms with Crippen LogP contribution in [0.4, 0.5) is 5.69 Å². The minimum atomic E-state index is 0.167. The summed E-state index contributed by atoms with van der Waals surface area (Å²) in [4.78, 5) is 6.84. The number of rotatable bonds is 7. The number of aliphatic imine (C=N–C) groups is 1. The van der Waals surface area contributed by atoms with Crippen LogP contribution < -0.4 is 20.7 Å². The van der Waals surface area contributed by atoms with Crippen LogP contribution in [0, 0.1) is 5.92 Å². The first-order chi connectivity index (χ1) is 11.1. The highest BCUT2D eigenvalue weighted by Crippen LogP contribution is 2.26. The molecule has 1 fully saturated rings. The number of nitrogens with two attached hydrogens (primary N) is 1. The van der Waals surface area contributed by atoms with E-state index in [-0.39, 0.29) is 6.04 Å². The summed E-state index contributed by atoms with van der Waals surface area (Å²) in [5.41, 5.74) is 7.12. The Kier molecular flexibility index (Phi) is 6.52. The number of ether oxygens (including phenoxy) is 2. The summed E-state index contributed by atoms with van der Waals surface area (Å²) >= 11 is 0. The molecule has 0 saturated carbocycles. The summed E-state index contributed by atoms with van der Waals surface area (Å²) in [6.07, 6.45) is 1.13. The van der Waals surface area contributed by atoms with Gasteiger partial charge in [0.1, 0.15) is 5.75 Å². The summed E-state index contributed by atoms with van der Waals surface area (Å²) in [7, 11) is 3.37. The van der Waals surface area contributed by atoms with Crippen LogP contribution >= 0.6 is 0 Å². The first-order valence-electron chi connectivity index (χ1n) is 8.06. The molecule has 23 heavy (non-hydrogen) atoms. The number of nitrogens with one attached hydrogen (secondary N) is 1. The molecule has 0 aliphatic carbocycles. The first kappa shape index (κ1) is 17.4. The quantitative estimate of drug-likeness (QED) is 0.588. The second-order valence-electron chi connectivity index (χ2n) is 6.03. The number of methoxy groups -OCH3 is 2. The highest BCUT2D eigenvalue weighted by molar-refractivity contribution is 5.78. The van der Waals surface area contributed by atoms with E-state index in [1.54, 1.807) is 14.2 Å². The Hall–Kier alpha value is -1.95. The summed E-state index contributed by atoms with van der Waals surface area (Å²) in [5.74, 6) is 1.92. The van der Waals surface area contributed by atoms with E-state index in [1.165, 1.54) is 5.69 Å². The fourth-order valence-electron chi connectivity index (χ4n) is 2.84. The maximum atomic E-state index is 5.92. The molecular formula is C17H28N4O2. The molecule has 0 aromatic heterocycles. The van der Waals surface area contributed by atoms with Crippen molar-refractivity contribution in [1.29, 1.82) is 0 Å². The summed E-state index contributed by atoms with van der Waals surface area (Å²) in [6.45, 7) is 5.42. The van der Waals surface area contributed by atoms with Gasteiger partial charge in [-0.1, -0.05) is 6.07 Å². The van der Waals surface area contributed by atoms with Crippen molar-refractivity contribution in [1.82, 2.24) is 5.32 Å². The monoisotopic (exact) mass is 320 g/mol. The van der Waals surface area contributed by atoms with Crippen LogP contribution in [0.2, 0.25) is 0 Å². The third kappa shape index (κ3) is 5.32. The van der Waals surface area contributed by atoms with E-state index in [0.29, 0.717) is 18.5 Å². The largest absolute Gasteiger partial charge is 0.497 e. The molecule has 1 heterocycles. The van der Waals surface area contributed by atoms with E-state index in [0.717, 1.165) is 31.8 Å². The van der Waals surface area contributed by atoms with E-state index in [2.05, 4.69) is 27.3 Å². The Balaban J connectivity index is 1.83. The average Bonchev–Trinajstić information content (AvgIpc) is 3.02. The van der Waals surface area contributed by atoms with Crippen molar-refractivity contribution in [2.24, 2.45) is 16.6 Å². The van der Waals surface area contributed by atoms with Gasteiger partial charge in [0.2, 0.25) is 0 Å². The zero-order valence-corrected chi connectivity index (χ0v) is 14.3. The molecule has 1 aliphatic rings. The second kappa shape index (κ2) is 8.62. The van der Waals surface area contributed by atoms with Crippen molar-refractivity contribution < 1.29 is 9.47 Å². The van der Waals surface area contributed by atoms with Crippen molar-refractivity contribution >= 4 is 11.6 Å². The van der Waals surface area contributed by atoms with Crippen LogP contribution in [-0.2, 0) is 4.74 Å². The lowest BCUT2D eigenvalue weighted by atomic mass is 10.1. The van der Waals surface area contributed by atoms with Gasteiger partial charge in [0.05, 0.1) is 13.7 Å². The van der Waals surface area contributed by atoms with Gasteiger partial charge in [0.15, 0.2) is 5.96 Å². The van der Waals surface area contributed by atoms with Crippen molar-refractivity contribution in [2.75, 3.05) is 45.4 Å². The minimum Gasteiger partial charge on any atom is -0.497 e. The first-order valence-corrected chi connectivity index (χ1v) is 8.06. The minimum absolute atomic E-state index is 0.167. The zero-order valence-electron chi connectivity index (χ0n) is 14.3. The van der Waals surface area contributed by atoms with Crippen LogP contribution in [0.1, 0.15) is 13.3 Å². The highest BCUT2D eigenvalue weighted by Gasteiger charge is 2.22. The van der Waals surface area contributed by atoms with E-state index in [4.69, 9.17) is 15.2 Å². The number of guanidine groups is 1. The molecule has 128 valence electrons. The summed E-state index contributed by atoms with van der Waals surface area (Å²) in [6, 6.07) is 8.36. The van der Waals surface area contributed by atoms with Crippen molar-refractivity contribution in [3.8, 4) is 5.75 Å². The average molecular weight is 320 g/mol. The number of anilines is 1. The Morgan fingerprint density at radius 3 is 3.04 bits per heavy atom. The number of hydrogen-bond acceptors (Lipinski definition) is 4. The molecule has 2 unspecified atom stereocenters. The molecule has 0 radical (unpaired) electrons. The van der Waals surface area contributed by atoms with Gasteiger partial charge in [-0.05, 0) is 31.4 Å². The molecule has 1 aromatic carbocycles. The smallest absolute Gasteiger partial charge is 0.188 e. The molecule has 6 heteroatoms. The predicted molar refractivity (Wildman–Crippen MR) is 94.3 cm³/mol. The molecule has 2 atom stereocenters. The molecular weight excluding hydrogens is 292 g/mol. The van der Waals surface area contributed by atoms with Crippen LogP contribution in [0.5, 0.6) is 5.75 Å². The summed E-state index contributed by atoms with van der Waals surface area (Å²) in [5, 5.41) is 3.14. The zero-order chi connectivity index (χ0) is 16.7. The lowest BCUT2D eigenvalue weighted by Gasteiger charge is -2.19. The third-order valence-electron chi connectivity index (χ3n) is 4.04. The molecule has 0 spiro atoms. The molecule has 1 saturated heterocycles. The van der Waals surface area contributed by atoms with Gasteiger partial charge in [0.25, 0.3) is 0 Å². The van der Waals surface area contributed by atoms with Gasteiger partial charge in [-0.3, -0.25) is 4.99 Å². The number of nitrogens with zero attached hydrogens (tertiary/aromatic N) is 2. The van der Waals surface area contributed by atoms with Crippen molar-refractivity contribution in [3.05, 3.63) is 24.3 Å². The van der Waals surface area contributed by atoms with Gasteiger partial charge in [-0.15, -0.1) is 0 Å². The van der Waals surface area contributed by atoms with Gasteiger partial charge in [-0.25, -0.2) is 0 Å². The van der Waals surface area contributed by atoms with Crippen molar-refractivity contribution in [3.63, 3.8) is 0 Å². The van der Waals surface area contributed by atoms with Gasteiger partial charge < -0.3 is 25.4 Å². The molecule has 6 nitrogen and oxygen atoms in total. The predicted octanol–water partition coefficient (Wildman–Crippen LogP) is 1.46. The van der Waals surface area contributed by atoms with E-state index in [9.17, 15) is 0 Å². The van der Waals surface area contributed by atoms with Crippen LogP contribution in [0.15, 0.2) is 29.3 Å². The van der Waals surface area contributed by atoms with Crippen molar-refractivity contribution in [2.45, 2.75) is 19.4 Å². The van der Waals surface area contributed by atoms with Crippen LogP contribution in [-0.4, -0.2) is 52.5 Å². The topological polar surface area (TPSA) is 72.1 Å². The lowest BCUT2D eigenvalue weighted by molar-refractivity contribution is 0.179. The Labute approximate surface area is 138 Å². The molecule has 2 rings (SSSR count). The SMILES string of the molecule is COCC(C)NC(N)=NCC1CCN(c2cccc(OC)c2)C1. The maximum absolute atomic E-state index is 5.92. The fraction of sp³-hybridized carbons (Fsp3) is 0.588. The third-order valence-corrected chi connectivity index (χ3v) is 4.04. The van der Waals surface area contributed by atoms with Gasteiger partial charge in [-0.2, -0.15) is 0 Å². The highest BCUT2D eigenvalue weighted by atomic mass is 16.5.